The van der Waals surface area contributed by atoms with Crippen molar-refractivity contribution in [1.29, 1.82) is 0 Å². The summed E-state index contributed by atoms with van der Waals surface area (Å²) in [4.78, 5) is 21.3. The molecule has 0 saturated heterocycles. The molecule has 1 aliphatic carbocycles. The number of nitrogens with zero attached hydrogens (tertiary/aromatic N) is 2. The third-order valence-corrected chi connectivity index (χ3v) is 5.75. The van der Waals surface area contributed by atoms with Gasteiger partial charge in [0.05, 0.1) is 18.0 Å². The number of carbonyl (C=O) groups is 1. The molecule has 1 atom stereocenters. The molecule has 2 heterocycles. The highest BCUT2D eigenvalue weighted by molar-refractivity contribution is 6.07. The predicted octanol–water partition coefficient (Wildman–Crippen LogP) is 4.35. The van der Waals surface area contributed by atoms with Gasteiger partial charge in [-0.05, 0) is 54.7 Å². The average Bonchev–Trinajstić information content (AvgIpc) is 2.98. The van der Waals surface area contributed by atoms with E-state index in [0.717, 1.165) is 53.8 Å². The van der Waals surface area contributed by atoms with Crippen LogP contribution in [0.5, 0.6) is 0 Å². The molecule has 7 heteroatoms. The Morgan fingerprint density at radius 1 is 1.06 bits per heavy atom. The molecule has 1 unspecified atom stereocenters. The molecular weight excluding hydrogens is 410 g/mol. The monoisotopic (exact) mass is 430 g/mol. The number of carbonyl (C=O) groups excluding carboxylic acids is 1. The van der Waals surface area contributed by atoms with Crippen molar-refractivity contribution in [1.82, 2.24) is 15.6 Å². The van der Waals surface area contributed by atoms with Gasteiger partial charge < -0.3 is 10.6 Å². The van der Waals surface area contributed by atoms with Crippen LogP contribution in [0.3, 0.4) is 0 Å². The van der Waals surface area contributed by atoms with Gasteiger partial charge in [-0.25, -0.2) is 8.78 Å². The summed E-state index contributed by atoms with van der Waals surface area (Å²) in [7, 11) is 0. The van der Waals surface area contributed by atoms with Crippen molar-refractivity contribution in [2.24, 2.45) is 4.99 Å². The van der Waals surface area contributed by atoms with E-state index < -0.39 is 23.1 Å². The zero-order valence-corrected chi connectivity index (χ0v) is 17.1. The molecule has 2 aliphatic rings. The molecule has 32 heavy (non-hydrogen) atoms. The van der Waals surface area contributed by atoms with E-state index in [1.54, 1.807) is 6.20 Å². The first-order chi connectivity index (χ1) is 15.6. The van der Waals surface area contributed by atoms with Crippen molar-refractivity contribution in [3.05, 3.63) is 101 Å². The summed E-state index contributed by atoms with van der Waals surface area (Å²) < 4.78 is 27.9. The lowest BCUT2D eigenvalue weighted by Crippen LogP contribution is -2.44. The van der Waals surface area contributed by atoms with Gasteiger partial charge in [-0.3, -0.25) is 14.8 Å². The number of hydrogen-bond donors (Lipinski definition) is 2. The fourth-order valence-electron chi connectivity index (χ4n) is 4.19. The first-order valence-electron chi connectivity index (χ1n) is 10.4. The quantitative estimate of drug-likeness (QED) is 0.649. The Morgan fingerprint density at radius 2 is 1.91 bits per heavy atom. The maximum Gasteiger partial charge on any atom is 0.262 e. The minimum Gasteiger partial charge on any atom is -0.362 e. The molecule has 1 aliphatic heterocycles. The van der Waals surface area contributed by atoms with Crippen LogP contribution in [0, 0.1) is 11.6 Å². The SMILES string of the molecule is O=C(NC1=CN=C2c3cc(-c4cccnc4)ccc3CCCC2N1)c1c(F)cccc1F. The molecule has 2 aromatic carbocycles. The standard InChI is InChI=1S/C25H20F2N4O/c26-19-6-2-7-20(27)23(19)25(32)31-22-14-29-24-18-12-16(17-5-3-11-28-13-17)10-9-15(18)4-1-8-21(24)30-22/h2-3,5-7,9-14,21,30H,1,4,8H2,(H,31,32). The van der Waals surface area contributed by atoms with E-state index in [1.165, 1.54) is 17.8 Å². The Balaban J connectivity index is 1.46. The summed E-state index contributed by atoms with van der Waals surface area (Å²) in [6.45, 7) is 0. The van der Waals surface area contributed by atoms with Gasteiger partial charge in [0, 0.05) is 23.5 Å². The molecule has 5 nitrogen and oxygen atoms in total. The fraction of sp³-hybridized carbons (Fsp3) is 0.160. The highest BCUT2D eigenvalue weighted by Gasteiger charge is 2.28. The van der Waals surface area contributed by atoms with Gasteiger partial charge in [-0.2, -0.15) is 0 Å². The lowest BCUT2D eigenvalue weighted by molar-refractivity contribution is 0.0954. The molecule has 0 spiro atoms. The number of fused-ring (bicyclic) bond motifs is 3. The summed E-state index contributed by atoms with van der Waals surface area (Å²) in [5.74, 6) is -2.35. The van der Waals surface area contributed by atoms with Crippen LogP contribution in [0.1, 0.15) is 34.3 Å². The Bertz CT molecular complexity index is 1230. The van der Waals surface area contributed by atoms with E-state index in [2.05, 4.69) is 38.8 Å². The van der Waals surface area contributed by atoms with E-state index in [-0.39, 0.29) is 6.04 Å². The number of rotatable bonds is 3. The van der Waals surface area contributed by atoms with Crippen molar-refractivity contribution >= 4 is 11.6 Å². The van der Waals surface area contributed by atoms with Gasteiger partial charge in [0.2, 0.25) is 0 Å². The molecule has 3 aromatic rings. The van der Waals surface area contributed by atoms with Crippen LogP contribution in [0.4, 0.5) is 8.78 Å². The lowest BCUT2D eigenvalue weighted by atomic mass is 9.94. The van der Waals surface area contributed by atoms with Gasteiger partial charge in [0.1, 0.15) is 23.0 Å². The molecular formula is C25H20F2N4O. The van der Waals surface area contributed by atoms with Crippen LogP contribution in [0.2, 0.25) is 0 Å². The maximum absolute atomic E-state index is 13.9. The molecule has 0 saturated carbocycles. The van der Waals surface area contributed by atoms with Gasteiger partial charge in [0.25, 0.3) is 5.91 Å². The number of nitrogens with one attached hydrogen (secondary N) is 2. The number of benzene rings is 2. The summed E-state index contributed by atoms with van der Waals surface area (Å²) in [6.07, 6.45) is 7.74. The second-order valence-corrected chi connectivity index (χ2v) is 7.81. The van der Waals surface area contributed by atoms with Crippen molar-refractivity contribution in [3.63, 3.8) is 0 Å². The van der Waals surface area contributed by atoms with E-state index in [0.29, 0.717) is 5.82 Å². The summed E-state index contributed by atoms with van der Waals surface area (Å²) in [5.41, 5.74) is 4.63. The smallest absolute Gasteiger partial charge is 0.262 e. The first kappa shape index (κ1) is 20.1. The molecule has 5 rings (SSSR count). The Morgan fingerprint density at radius 3 is 2.69 bits per heavy atom. The topological polar surface area (TPSA) is 66.4 Å². The van der Waals surface area contributed by atoms with Crippen molar-refractivity contribution in [2.75, 3.05) is 0 Å². The fourth-order valence-corrected chi connectivity index (χ4v) is 4.19. The molecule has 0 radical (unpaired) electrons. The highest BCUT2D eigenvalue weighted by atomic mass is 19.1. The van der Waals surface area contributed by atoms with Crippen molar-refractivity contribution in [3.8, 4) is 11.1 Å². The van der Waals surface area contributed by atoms with Crippen LogP contribution in [0.15, 0.2) is 77.9 Å². The van der Waals surface area contributed by atoms with Crippen molar-refractivity contribution in [2.45, 2.75) is 25.3 Å². The molecule has 2 N–H and O–H groups in total. The summed E-state index contributed by atoms with van der Waals surface area (Å²) in [6, 6.07) is 13.5. The minimum atomic E-state index is -0.908. The number of aryl methyl sites for hydroxylation is 1. The van der Waals surface area contributed by atoms with Crippen LogP contribution < -0.4 is 10.6 Å². The van der Waals surface area contributed by atoms with Gasteiger partial charge >= 0.3 is 0 Å². The van der Waals surface area contributed by atoms with E-state index in [1.807, 2.05) is 18.3 Å². The third-order valence-electron chi connectivity index (χ3n) is 5.75. The minimum absolute atomic E-state index is 0.119. The Labute approximate surface area is 183 Å². The van der Waals surface area contributed by atoms with Crippen LogP contribution in [-0.2, 0) is 6.42 Å². The van der Waals surface area contributed by atoms with Gasteiger partial charge in [-0.1, -0.05) is 24.3 Å². The van der Waals surface area contributed by atoms with Gasteiger partial charge in [0.15, 0.2) is 0 Å². The number of aliphatic imine (C=N–C) groups is 1. The Kier molecular flexibility index (Phi) is 5.23. The zero-order valence-electron chi connectivity index (χ0n) is 17.1. The van der Waals surface area contributed by atoms with E-state index in [4.69, 9.17) is 0 Å². The van der Waals surface area contributed by atoms with Gasteiger partial charge in [-0.15, -0.1) is 0 Å². The summed E-state index contributed by atoms with van der Waals surface area (Å²) >= 11 is 0. The Hall–Kier alpha value is -3.87. The largest absolute Gasteiger partial charge is 0.362 e. The van der Waals surface area contributed by atoms with Crippen LogP contribution in [-0.4, -0.2) is 22.6 Å². The number of hydrogen-bond acceptors (Lipinski definition) is 4. The predicted molar refractivity (Wildman–Crippen MR) is 118 cm³/mol. The third kappa shape index (κ3) is 3.77. The van der Waals surface area contributed by atoms with E-state index in [9.17, 15) is 13.6 Å². The van der Waals surface area contributed by atoms with Crippen molar-refractivity contribution < 1.29 is 13.6 Å². The maximum atomic E-state index is 13.9. The number of aromatic nitrogens is 1. The molecule has 160 valence electrons. The normalized spacial score (nSPS) is 17.1. The highest BCUT2D eigenvalue weighted by Crippen LogP contribution is 2.28. The lowest BCUT2D eigenvalue weighted by Gasteiger charge is -2.26. The summed E-state index contributed by atoms with van der Waals surface area (Å²) in [5, 5.41) is 5.82. The van der Waals surface area contributed by atoms with Crippen LogP contribution in [0.25, 0.3) is 11.1 Å². The molecule has 1 amide bonds. The van der Waals surface area contributed by atoms with E-state index >= 15 is 0 Å². The number of amides is 1. The zero-order chi connectivity index (χ0) is 22.1. The average molecular weight is 430 g/mol. The number of halogens is 2. The molecule has 0 fully saturated rings. The molecule has 0 bridgehead atoms. The second-order valence-electron chi connectivity index (χ2n) is 7.81. The molecule has 1 aromatic heterocycles. The number of pyridine rings is 1. The first-order valence-corrected chi connectivity index (χ1v) is 10.4. The van der Waals surface area contributed by atoms with Crippen LogP contribution >= 0.6 is 0 Å². The second kappa shape index (κ2) is 8.34.